The molecule has 1 saturated heterocycles. The number of nitrogens with zero attached hydrogens (tertiary/aromatic N) is 2. The molecule has 3 rings (SSSR count). The van der Waals surface area contributed by atoms with Crippen LogP contribution in [-0.4, -0.2) is 36.3 Å². The van der Waals surface area contributed by atoms with Crippen molar-refractivity contribution >= 4 is 17.5 Å². The predicted molar refractivity (Wildman–Crippen MR) is 81.9 cm³/mol. The van der Waals surface area contributed by atoms with E-state index in [1.165, 1.54) is 12.8 Å². The van der Waals surface area contributed by atoms with Gasteiger partial charge < -0.3 is 9.80 Å². The second-order valence-corrected chi connectivity index (χ2v) is 6.12. The first-order valence-electron chi connectivity index (χ1n) is 7.79. The van der Waals surface area contributed by atoms with Crippen molar-refractivity contribution in [2.24, 2.45) is 5.92 Å². The summed E-state index contributed by atoms with van der Waals surface area (Å²) in [5, 5.41) is 0. The van der Waals surface area contributed by atoms with Gasteiger partial charge in [0.15, 0.2) is 0 Å². The zero-order valence-electron chi connectivity index (χ0n) is 12.5. The molecule has 0 unspecified atom stereocenters. The zero-order chi connectivity index (χ0) is 14.8. The van der Waals surface area contributed by atoms with Crippen molar-refractivity contribution < 1.29 is 9.59 Å². The molecule has 1 aromatic rings. The number of anilines is 1. The van der Waals surface area contributed by atoms with Crippen LogP contribution in [0.3, 0.4) is 0 Å². The molecule has 112 valence electrons. The summed E-state index contributed by atoms with van der Waals surface area (Å²) in [7, 11) is 1.79. The highest BCUT2D eigenvalue weighted by molar-refractivity contribution is 5.98. The summed E-state index contributed by atoms with van der Waals surface area (Å²) in [6.45, 7) is 0.597. The molecule has 4 nitrogen and oxygen atoms in total. The number of carbonyl (C=O) groups excluding carboxylic acids is 2. The van der Waals surface area contributed by atoms with Crippen molar-refractivity contribution in [3.8, 4) is 0 Å². The van der Waals surface area contributed by atoms with Crippen LogP contribution in [0.1, 0.15) is 32.1 Å². The molecule has 1 aliphatic heterocycles. The van der Waals surface area contributed by atoms with Crippen molar-refractivity contribution in [3.63, 3.8) is 0 Å². The van der Waals surface area contributed by atoms with Crippen LogP contribution in [0.4, 0.5) is 5.69 Å². The van der Waals surface area contributed by atoms with E-state index in [0.717, 1.165) is 18.5 Å². The zero-order valence-corrected chi connectivity index (χ0v) is 12.5. The molecule has 0 radical (unpaired) electrons. The standard InChI is InChI=1S/C17H22N2O2/c1-18(14-7-3-2-4-8-14)17(21)13-11-16(20)19(12-13)15-9-5-6-10-15/h2-4,7-8,13,15H,5-6,9-12H2,1H3/t13-/m0/s1. The highest BCUT2D eigenvalue weighted by atomic mass is 16.2. The summed E-state index contributed by atoms with van der Waals surface area (Å²) in [6, 6.07) is 9.99. The lowest BCUT2D eigenvalue weighted by Gasteiger charge is -2.25. The minimum absolute atomic E-state index is 0.0510. The Labute approximate surface area is 125 Å². The fourth-order valence-corrected chi connectivity index (χ4v) is 3.52. The Morgan fingerprint density at radius 1 is 1.19 bits per heavy atom. The minimum Gasteiger partial charge on any atom is -0.339 e. The number of hydrogen-bond donors (Lipinski definition) is 0. The molecule has 21 heavy (non-hydrogen) atoms. The van der Waals surface area contributed by atoms with E-state index in [1.807, 2.05) is 35.2 Å². The normalized spacial score (nSPS) is 22.8. The third-order valence-corrected chi connectivity index (χ3v) is 4.75. The van der Waals surface area contributed by atoms with Crippen molar-refractivity contribution in [1.29, 1.82) is 0 Å². The summed E-state index contributed by atoms with van der Waals surface area (Å²) in [4.78, 5) is 28.4. The van der Waals surface area contributed by atoms with Crippen LogP contribution in [-0.2, 0) is 9.59 Å². The Hall–Kier alpha value is -1.84. The fraction of sp³-hybridized carbons (Fsp3) is 0.529. The van der Waals surface area contributed by atoms with Gasteiger partial charge in [0, 0.05) is 31.7 Å². The van der Waals surface area contributed by atoms with E-state index in [-0.39, 0.29) is 17.7 Å². The number of para-hydroxylation sites is 1. The summed E-state index contributed by atoms with van der Waals surface area (Å²) < 4.78 is 0. The highest BCUT2D eigenvalue weighted by Gasteiger charge is 2.39. The third kappa shape index (κ3) is 2.80. The van der Waals surface area contributed by atoms with Crippen LogP contribution in [0, 0.1) is 5.92 Å². The van der Waals surface area contributed by atoms with Gasteiger partial charge in [-0.3, -0.25) is 9.59 Å². The maximum absolute atomic E-state index is 12.6. The average molecular weight is 286 g/mol. The van der Waals surface area contributed by atoms with E-state index < -0.39 is 0 Å². The minimum atomic E-state index is -0.191. The fourth-order valence-electron chi connectivity index (χ4n) is 3.52. The van der Waals surface area contributed by atoms with E-state index in [1.54, 1.807) is 11.9 Å². The molecule has 2 fully saturated rings. The van der Waals surface area contributed by atoms with Gasteiger partial charge in [0.25, 0.3) is 0 Å². The van der Waals surface area contributed by atoms with E-state index in [2.05, 4.69) is 0 Å². The van der Waals surface area contributed by atoms with Crippen molar-refractivity contribution in [2.75, 3.05) is 18.5 Å². The molecule has 0 spiro atoms. The summed E-state index contributed by atoms with van der Waals surface area (Å²) >= 11 is 0. The van der Waals surface area contributed by atoms with Gasteiger partial charge in [0.1, 0.15) is 0 Å². The van der Waals surface area contributed by atoms with Crippen LogP contribution in [0.2, 0.25) is 0 Å². The lowest BCUT2D eigenvalue weighted by Crippen LogP contribution is -2.37. The van der Waals surface area contributed by atoms with Gasteiger partial charge in [0.2, 0.25) is 11.8 Å². The summed E-state index contributed by atoms with van der Waals surface area (Å²) in [5.41, 5.74) is 0.884. The Morgan fingerprint density at radius 2 is 1.86 bits per heavy atom. The van der Waals surface area contributed by atoms with Crippen LogP contribution in [0.25, 0.3) is 0 Å². The number of hydrogen-bond acceptors (Lipinski definition) is 2. The van der Waals surface area contributed by atoms with Gasteiger partial charge in [-0.2, -0.15) is 0 Å². The second kappa shape index (κ2) is 5.88. The maximum atomic E-state index is 12.6. The van der Waals surface area contributed by atoms with Crippen LogP contribution < -0.4 is 4.90 Å². The summed E-state index contributed by atoms with van der Waals surface area (Å²) in [5.74, 6) is 0.0139. The first kappa shape index (κ1) is 14.1. The average Bonchev–Trinajstić information content (AvgIpc) is 3.15. The van der Waals surface area contributed by atoms with E-state index in [9.17, 15) is 9.59 Å². The molecule has 2 aliphatic rings. The SMILES string of the molecule is CN(C(=O)[C@H]1CC(=O)N(C2CCCC2)C1)c1ccccc1. The third-order valence-electron chi connectivity index (χ3n) is 4.75. The number of likely N-dealkylation sites (tertiary alicyclic amines) is 1. The van der Waals surface area contributed by atoms with Crippen LogP contribution in [0.15, 0.2) is 30.3 Å². The molecule has 1 aromatic carbocycles. The van der Waals surface area contributed by atoms with Crippen LogP contribution in [0.5, 0.6) is 0 Å². The first-order chi connectivity index (χ1) is 10.2. The number of amides is 2. The molecule has 0 bridgehead atoms. The van der Waals surface area contributed by atoms with Gasteiger partial charge in [-0.15, -0.1) is 0 Å². The quantitative estimate of drug-likeness (QED) is 0.856. The first-order valence-corrected chi connectivity index (χ1v) is 7.79. The molecular formula is C17H22N2O2. The summed E-state index contributed by atoms with van der Waals surface area (Å²) in [6.07, 6.45) is 4.98. The largest absolute Gasteiger partial charge is 0.339 e. The van der Waals surface area contributed by atoms with E-state index >= 15 is 0 Å². The lowest BCUT2D eigenvalue weighted by atomic mass is 10.1. The monoisotopic (exact) mass is 286 g/mol. The Balaban J connectivity index is 1.67. The maximum Gasteiger partial charge on any atom is 0.232 e. The molecular weight excluding hydrogens is 264 g/mol. The van der Waals surface area contributed by atoms with Crippen molar-refractivity contribution in [2.45, 2.75) is 38.1 Å². The van der Waals surface area contributed by atoms with Crippen molar-refractivity contribution in [1.82, 2.24) is 4.90 Å². The molecule has 1 aliphatic carbocycles. The number of carbonyl (C=O) groups is 2. The van der Waals surface area contributed by atoms with Crippen LogP contribution >= 0.6 is 0 Å². The Kier molecular flexibility index (Phi) is 3.95. The second-order valence-electron chi connectivity index (χ2n) is 6.12. The van der Waals surface area contributed by atoms with Crippen molar-refractivity contribution in [3.05, 3.63) is 30.3 Å². The Morgan fingerprint density at radius 3 is 2.52 bits per heavy atom. The number of benzene rings is 1. The lowest BCUT2D eigenvalue weighted by molar-refractivity contribution is -0.130. The molecule has 4 heteroatoms. The van der Waals surface area contributed by atoms with Gasteiger partial charge in [-0.1, -0.05) is 31.0 Å². The predicted octanol–water partition coefficient (Wildman–Crippen LogP) is 2.44. The van der Waals surface area contributed by atoms with Gasteiger partial charge in [-0.05, 0) is 25.0 Å². The smallest absolute Gasteiger partial charge is 0.232 e. The molecule has 1 saturated carbocycles. The molecule has 1 heterocycles. The topological polar surface area (TPSA) is 40.6 Å². The van der Waals surface area contributed by atoms with Gasteiger partial charge in [0.05, 0.1) is 5.92 Å². The molecule has 0 aromatic heterocycles. The number of rotatable bonds is 3. The van der Waals surface area contributed by atoms with Gasteiger partial charge in [-0.25, -0.2) is 0 Å². The molecule has 2 amide bonds. The Bertz CT molecular complexity index is 523. The van der Waals surface area contributed by atoms with E-state index in [4.69, 9.17) is 0 Å². The van der Waals surface area contributed by atoms with E-state index in [0.29, 0.717) is 19.0 Å². The molecule has 0 N–H and O–H groups in total. The van der Waals surface area contributed by atoms with Gasteiger partial charge >= 0.3 is 0 Å². The highest BCUT2D eigenvalue weighted by Crippen LogP contribution is 2.30. The molecule has 1 atom stereocenters.